The van der Waals surface area contributed by atoms with Crippen LogP contribution in [0.1, 0.15) is 26.7 Å². The van der Waals surface area contributed by atoms with Crippen molar-refractivity contribution in [3.05, 3.63) is 0 Å². The molecule has 1 N–H and O–H groups in total. The van der Waals surface area contributed by atoms with Gasteiger partial charge < -0.3 is 9.84 Å². The van der Waals surface area contributed by atoms with Crippen molar-refractivity contribution >= 4 is 5.97 Å². The summed E-state index contributed by atoms with van der Waals surface area (Å²) in [5.41, 5.74) is 0. The molecule has 0 saturated carbocycles. The molecule has 0 amide bonds. The Hall–Kier alpha value is -0.570. The molecule has 11 heavy (non-hydrogen) atoms. The summed E-state index contributed by atoms with van der Waals surface area (Å²) in [7, 11) is 0. The molecule has 3 heteroatoms. The first-order valence-corrected chi connectivity index (χ1v) is 4.01. The van der Waals surface area contributed by atoms with Crippen LogP contribution >= 0.6 is 0 Å². The minimum absolute atomic E-state index is 0.0639. The van der Waals surface area contributed by atoms with Crippen molar-refractivity contribution in [3.8, 4) is 0 Å². The van der Waals surface area contributed by atoms with Gasteiger partial charge >= 0.3 is 5.97 Å². The molecule has 0 rings (SSSR count). The number of aliphatic hydroxyl groups is 1. The highest BCUT2D eigenvalue weighted by atomic mass is 16.5. The van der Waals surface area contributed by atoms with E-state index < -0.39 is 0 Å². The Morgan fingerprint density at radius 1 is 1.55 bits per heavy atom. The van der Waals surface area contributed by atoms with E-state index in [4.69, 9.17) is 9.84 Å². The van der Waals surface area contributed by atoms with E-state index in [0.717, 1.165) is 6.42 Å². The van der Waals surface area contributed by atoms with Crippen LogP contribution in [-0.4, -0.2) is 24.3 Å². The molecule has 0 aliphatic heterocycles. The van der Waals surface area contributed by atoms with Crippen LogP contribution in [-0.2, 0) is 9.53 Å². The summed E-state index contributed by atoms with van der Waals surface area (Å²) in [4.78, 5) is 10.8. The Labute approximate surface area is 67.4 Å². The molecule has 0 aromatic rings. The minimum atomic E-state index is -0.214. The van der Waals surface area contributed by atoms with Crippen LogP contribution in [0, 0.1) is 5.92 Å². The van der Waals surface area contributed by atoms with Crippen LogP contribution in [0.3, 0.4) is 0 Å². The molecular weight excluding hydrogens is 144 g/mol. The number of rotatable bonds is 5. The number of ether oxygens (including phenoxy) is 1. The molecular formula is C8H16O3. The average Bonchev–Trinajstić information content (AvgIpc) is 2.01. The highest BCUT2D eigenvalue weighted by molar-refractivity contribution is 5.69. The zero-order valence-electron chi connectivity index (χ0n) is 7.17. The summed E-state index contributed by atoms with van der Waals surface area (Å²) in [6.45, 7) is 4.20. The maximum Gasteiger partial charge on any atom is 0.306 e. The first kappa shape index (κ1) is 10.4. The van der Waals surface area contributed by atoms with Gasteiger partial charge in [-0.1, -0.05) is 13.3 Å². The van der Waals surface area contributed by atoms with Gasteiger partial charge in [-0.3, -0.25) is 4.79 Å². The average molecular weight is 160 g/mol. The van der Waals surface area contributed by atoms with Gasteiger partial charge in [0.1, 0.15) is 0 Å². The second-order valence-corrected chi connectivity index (χ2v) is 2.47. The minimum Gasteiger partial charge on any atom is -0.466 e. The fraction of sp³-hybridized carbons (Fsp3) is 0.875. The molecule has 0 fully saturated rings. The smallest absolute Gasteiger partial charge is 0.306 e. The van der Waals surface area contributed by atoms with Gasteiger partial charge in [-0.25, -0.2) is 0 Å². The maximum absolute atomic E-state index is 10.8. The first-order valence-electron chi connectivity index (χ1n) is 4.01. The summed E-state index contributed by atoms with van der Waals surface area (Å²) < 4.78 is 4.73. The largest absolute Gasteiger partial charge is 0.466 e. The fourth-order valence-corrected chi connectivity index (χ4v) is 0.794. The molecule has 1 atom stereocenters. The maximum atomic E-state index is 10.8. The quantitative estimate of drug-likeness (QED) is 0.609. The summed E-state index contributed by atoms with van der Waals surface area (Å²) in [5, 5.41) is 8.74. The van der Waals surface area contributed by atoms with Crippen molar-refractivity contribution in [1.29, 1.82) is 0 Å². The van der Waals surface area contributed by atoms with E-state index in [2.05, 4.69) is 0 Å². The van der Waals surface area contributed by atoms with Crippen LogP contribution in [0.4, 0.5) is 0 Å². The van der Waals surface area contributed by atoms with Crippen LogP contribution in [0.5, 0.6) is 0 Å². The Kier molecular flexibility index (Phi) is 5.84. The highest BCUT2D eigenvalue weighted by Gasteiger charge is 2.10. The monoisotopic (exact) mass is 160 g/mol. The third-order valence-electron chi connectivity index (χ3n) is 1.60. The number of hydrogen-bond donors (Lipinski definition) is 1. The number of esters is 1. The predicted molar refractivity (Wildman–Crippen MR) is 42.1 cm³/mol. The Morgan fingerprint density at radius 2 is 2.18 bits per heavy atom. The lowest BCUT2D eigenvalue weighted by atomic mass is 10.0. The van der Waals surface area contributed by atoms with E-state index in [-0.39, 0.29) is 18.5 Å². The molecule has 0 saturated heterocycles. The zero-order valence-corrected chi connectivity index (χ0v) is 7.17. The van der Waals surface area contributed by atoms with E-state index in [1.54, 1.807) is 6.92 Å². The molecule has 0 aliphatic carbocycles. The van der Waals surface area contributed by atoms with Gasteiger partial charge in [0, 0.05) is 6.61 Å². The topological polar surface area (TPSA) is 46.5 Å². The van der Waals surface area contributed by atoms with Crippen molar-refractivity contribution < 1.29 is 14.6 Å². The normalized spacial score (nSPS) is 12.6. The van der Waals surface area contributed by atoms with Crippen molar-refractivity contribution in [2.24, 2.45) is 5.92 Å². The van der Waals surface area contributed by atoms with Gasteiger partial charge in [0.25, 0.3) is 0 Å². The molecule has 0 spiro atoms. The molecule has 0 aromatic carbocycles. The van der Waals surface area contributed by atoms with E-state index >= 15 is 0 Å². The molecule has 0 bridgehead atoms. The van der Waals surface area contributed by atoms with Crippen LogP contribution < -0.4 is 0 Å². The van der Waals surface area contributed by atoms with Crippen molar-refractivity contribution in [2.75, 3.05) is 13.2 Å². The second-order valence-electron chi connectivity index (χ2n) is 2.47. The van der Waals surface area contributed by atoms with E-state index in [1.807, 2.05) is 6.92 Å². The van der Waals surface area contributed by atoms with Gasteiger partial charge in [-0.05, 0) is 12.8 Å². The molecule has 0 radical (unpaired) electrons. The molecule has 0 aromatic heterocycles. The predicted octanol–water partition coefficient (Wildman–Crippen LogP) is 0.958. The number of carbonyl (C=O) groups is 1. The number of aliphatic hydroxyl groups excluding tert-OH is 1. The molecule has 66 valence electrons. The third kappa shape index (κ3) is 4.79. The summed E-state index contributed by atoms with van der Waals surface area (Å²) in [5.74, 6) is -0.151. The van der Waals surface area contributed by atoms with Gasteiger partial charge in [0.2, 0.25) is 0 Å². The SMILES string of the molecule is CCOC(=O)CC(CC)CO. The lowest BCUT2D eigenvalue weighted by molar-refractivity contribution is -0.144. The third-order valence-corrected chi connectivity index (χ3v) is 1.60. The fourth-order valence-electron chi connectivity index (χ4n) is 0.794. The Morgan fingerprint density at radius 3 is 2.55 bits per heavy atom. The summed E-state index contributed by atoms with van der Waals surface area (Å²) in [6.07, 6.45) is 1.15. The van der Waals surface area contributed by atoms with Crippen LogP contribution in [0.2, 0.25) is 0 Å². The van der Waals surface area contributed by atoms with E-state index in [9.17, 15) is 4.79 Å². The number of hydrogen-bond acceptors (Lipinski definition) is 3. The molecule has 3 nitrogen and oxygen atoms in total. The van der Waals surface area contributed by atoms with Crippen molar-refractivity contribution in [3.63, 3.8) is 0 Å². The van der Waals surface area contributed by atoms with E-state index in [1.165, 1.54) is 0 Å². The Bertz CT molecular complexity index is 108. The molecule has 0 heterocycles. The summed E-state index contributed by atoms with van der Waals surface area (Å²) >= 11 is 0. The lowest BCUT2D eigenvalue weighted by Crippen LogP contribution is -2.13. The van der Waals surface area contributed by atoms with Gasteiger partial charge in [0.05, 0.1) is 13.0 Å². The van der Waals surface area contributed by atoms with Gasteiger partial charge in [0.15, 0.2) is 0 Å². The van der Waals surface area contributed by atoms with E-state index in [0.29, 0.717) is 13.0 Å². The van der Waals surface area contributed by atoms with Gasteiger partial charge in [-0.15, -0.1) is 0 Å². The van der Waals surface area contributed by atoms with Gasteiger partial charge in [-0.2, -0.15) is 0 Å². The standard InChI is InChI=1S/C8H16O3/c1-3-7(6-9)5-8(10)11-4-2/h7,9H,3-6H2,1-2H3. The highest BCUT2D eigenvalue weighted by Crippen LogP contribution is 2.07. The first-order chi connectivity index (χ1) is 5.24. The molecule has 1 unspecified atom stereocenters. The summed E-state index contributed by atoms with van der Waals surface area (Å²) in [6, 6.07) is 0. The number of carbonyl (C=O) groups excluding carboxylic acids is 1. The van der Waals surface area contributed by atoms with Crippen LogP contribution in [0.25, 0.3) is 0 Å². The zero-order chi connectivity index (χ0) is 8.69. The second kappa shape index (κ2) is 6.16. The molecule has 0 aliphatic rings. The van der Waals surface area contributed by atoms with Crippen molar-refractivity contribution in [1.82, 2.24) is 0 Å². The van der Waals surface area contributed by atoms with Crippen LogP contribution in [0.15, 0.2) is 0 Å². The van der Waals surface area contributed by atoms with Crippen molar-refractivity contribution in [2.45, 2.75) is 26.7 Å². The Balaban J connectivity index is 3.54. The lowest BCUT2D eigenvalue weighted by Gasteiger charge is -2.09.